The van der Waals surface area contributed by atoms with E-state index in [2.05, 4.69) is 20.8 Å². The first-order chi connectivity index (χ1) is 10.2. The minimum Gasteiger partial charge on any atom is -0.331 e. The lowest BCUT2D eigenvalue weighted by molar-refractivity contribution is 0.216. The standard InChI is InChI=1S/C14H15FN4OS/c15-11-6-4-10(5-7-11)12(9-2-1-3-9)17-13(20)18-14-19-16-8-21-14/h4-9,12H,1-3H2,(H2,17,18,19,20)/t12-/m1/s1. The molecule has 1 atom stereocenters. The molecule has 2 N–H and O–H groups in total. The Morgan fingerprint density at radius 2 is 2.10 bits per heavy atom. The molecule has 2 amide bonds. The Bertz CT molecular complexity index is 598. The van der Waals surface area contributed by atoms with Crippen molar-refractivity contribution in [2.45, 2.75) is 25.3 Å². The van der Waals surface area contributed by atoms with E-state index in [1.807, 2.05) is 0 Å². The van der Waals surface area contributed by atoms with Crippen LogP contribution in [0.5, 0.6) is 0 Å². The summed E-state index contributed by atoms with van der Waals surface area (Å²) in [5.41, 5.74) is 2.48. The van der Waals surface area contributed by atoms with Crippen LogP contribution in [0.3, 0.4) is 0 Å². The quantitative estimate of drug-likeness (QED) is 0.910. The van der Waals surface area contributed by atoms with Gasteiger partial charge in [0, 0.05) is 0 Å². The van der Waals surface area contributed by atoms with Crippen LogP contribution in [-0.4, -0.2) is 16.2 Å². The summed E-state index contributed by atoms with van der Waals surface area (Å²) < 4.78 is 13.0. The number of nitrogens with zero attached hydrogens (tertiary/aromatic N) is 2. The molecule has 110 valence electrons. The van der Waals surface area contributed by atoms with Crippen LogP contribution in [0.15, 0.2) is 29.8 Å². The second-order valence-electron chi connectivity index (χ2n) is 5.06. The SMILES string of the molecule is O=C(Nc1nncs1)N[C@@H](c1ccc(F)cc1)C1CCC1. The fraction of sp³-hybridized carbons (Fsp3) is 0.357. The van der Waals surface area contributed by atoms with E-state index in [0.717, 1.165) is 18.4 Å². The Balaban J connectivity index is 1.70. The van der Waals surface area contributed by atoms with Gasteiger partial charge in [-0.05, 0) is 36.5 Å². The first-order valence-electron chi connectivity index (χ1n) is 6.81. The highest BCUT2D eigenvalue weighted by atomic mass is 32.1. The van der Waals surface area contributed by atoms with Crippen LogP contribution >= 0.6 is 11.3 Å². The number of halogens is 1. The third kappa shape index (κ3) is 3.36. The van der Waals surface area contributed by atoms with E-state index >= 15 is 0 Å². The number of hydrogen-bond donors (Lipinski definition) is 2. The summed E-state index contributed by atoms with van der Waals surface area (Å²) in [6.45, 7) is 0. The lowest BCUT2D eigenvalue weighted by Crippen LogP contribution is -2.38. The molecule has 0 radical (unpaired) electrons. The van der Waals surface area contributed by atoms with Gasteiger partial charge in [-0.1, -0.05) is 29.9 Å². The summed E-state index contributed by atoms with van der Waals surface area (Å²) in [7, 11) is 0. The van der Waals surface area contributed by atoms with Crippen molar-refractivity contribution in [1.82, 2.24) is 15.5 Å². The highest BCUT2D eigenvalue weighted by Crippen LogP contribution is 2.37. The number of carbonyl (C=O) groups is 1. The van der Waals surface area contributed by atoms with Crippen LogP contribution in [0.4, 0.5) is 14.3 Å². The van der Waals surface area contributed by atoms with Gasteiger partial charge < -0.3 is 5.32 Å². The minimum absolute atomic E-state index is 0.104. The molecule has 7 heteroatoms. The highest BCUT2D eigenvalue weighted by molar-refractivity contribution is 7.13. The van der Waals surface area contributed by atoms with Gasteiger partial charge in [0.25, 0.3) is 0 Å². The zero-order chi connectivity index (χ0) is 14.7. The first kappa shape index (κ1) is 13.9. The number of carbonyl (C=O) groups excluding carboxylic acids is 1. The largest absolute Gasteiger partial charge is 0.331 e. The van der Waals surface area contributed by atoms with Crippen molar-refractivity contribution >= 4 is 22.5 Å². The second-order valence-corrected chi connectivity index (χ2v) is 5.90. The molecule has 2 aromatic rings. The van der Waals surface area contributed by atoms with Crippen LogP contribution in [0, 0.1) is 11.7 Å². The number of amides is 2. The molecule has 0 bridgehead atoms. The van der Waals surface area contributed by atoms with Crippen LogP contribution in [-0.2, 0) is 0 Å². The normalized spacial score (nSPS) is 16.0. The Hall–Kier alpha value is -2.02. The van der Waals surface area contributed by atoms with Crippen LogP contribution < -0.4 is 10.6 Å². The molecule has 0 spiro atoms. The molecule has 1 aliphatic carbocycles. The van der Waals surface area contributed by atoms with Crippen molar-refractivity contribution in [2.75, 3.05) is 5.32 Å². The third-order valence-electron chi connectivity index (χ3n) is 3.72. The zero-order valence-electron chi connectivity index (χ0n) is 11.3. The molecule has 0 aliphatic heterocycles. The van der Waals surface area contributed by atoms with Gasteiger partial charge in [0.2, 0.25) is 5.13 Å². The average molecular weight is 306 g/mol. The van der Waals surface area contributed by atoms with Crippen molar-refractivity contribution < 1.29 is 9.18 Å². The van der Waals surface area contributed by atoms with Crippen LogP contribution in [0.1, 0.15) is 30.9 Å². The van der Waals surface area contributed by atoms with Crippen molar-refractivity contribution in [2.24, 2.45) is 5.92 Å². The minimum atomic E-state index is -0.312. The Labute approximate surface area is 125 Å². The molecule has 1 aliphatic rings. The van der Waals surface area contributed by atoms with Crippen LogP contribution in [0.2, 0.25) is 0 Å². The maximum atomic E-state index is 13.0. The maximum absolute atomic E-state index is 13.0. The van der Waals surface area contributed by atoms with Gasteiger partial charge in [-0.25, -0.2) is 9.18 Å². The fourth-order valence-electron chi connectivity index (χ4n) is 2.42. The molecule has 1 saturated carbocycles. The van der Waals surface area contributed by atoms with Crippen molar-refractivity contribution in [3.8, 4) is 0 Å². The Morgan fingerprint density at radius 3 is 2.67 bits per heavy atom. The van der Waals surface area contributed by atoms with Crippen molar-refractivity contribution in [1.29, 1.82) is 0 Å². The monoisotopic (exact) mass is 306 g/mol. The van der Waals surface area contributed by atoms with E-state index in [0.29, 0.717) is 11.0 Å². The van der Waals surface area contributed by atoms with E-state index in [9.17, 15) is 9.18 Å². The first-order valence-corrected chi connectivity index (χ1v) is 7.69. The summed E-state index contributed by atoms with van der Waals surface area (Å²) in [6.07, 6.45) is 3.31. The van der Waals surface area contributed by atoms with Gasteiger partial charge in [-0.2, -0.15) is 0 Å². The molecular weight excluding hydrogens is 291 g/mol. The van der Waals surface area contributed by atoms with E-state index in [4.69, 9.17) is 0 Å². The van der Waals surface area contributed by atoms with Gasteiger partial charge in [-0.15, -0.1) is 10.2 Å². The van der Waals surface area contributed by atoms with Crippen molar-refractivity contribution in [3.05, 3.63) is 41.2 Å². The van der Waals surface area contributed by atoms with E-state index < -0.39 is 0 Å². The second kappa shape index (κ2) is 6.17. The topological polar surface area (TPSA) is 66.9 Å². The van der Waals surface area contributed by atoms with Crippen molar-refractivity contribution in [3.63, 3.8) is 0 Å². The zero-order valence-corrected chi connectivity index (χ0v) is 12.1. The number of nitrogens with one attached hydrogen (secondary N) is 2. The molecule has 1 fully saturated rings. The molecule has 1 aromatic heterocycles. The number of benzene rings is 1. The maximum Gasteiger partial charge on any atom is 0.321 e. The predicted octanol–water partition coefficient (Wildman–Crippen LogP) is 3.34. The van der Waals surface area contributed by atoms with Gasteiger partial charge in [0.1, 0.15) is 11.3 Å². The molecule has 1 aromatic carbocycles. The highest BCUT2D eigenvalue weighted by Gasteiger charge is 2.29. The molecule has 5 nitrogen and oxygen atoms in total. The summed E-state index contributed by atoms with van der Waals surface area (Å²) in [4.78, 5) is 12.0. The lowest BCUT2D eigenvalue weighted by atomic mass is 9.77. The fourth-order valence-corrected chi connectivity index (χ4v) is 2.86. The summed E-state index contributed by atoms with van der Waals surface area (Å²) in [6, 6.07) is 5.88. The molecule has 1 heterocycles. The van der Waals surface area contributed by atoms with Gasteiger partial charge in [-0.3, -0.25) is 5.32 Å². The number of anilines is 1. The summed E-state index contributed by atoms with van der Waals surface area (Å²) in [5, 5.41) is 13.5. The summed E-state index contributed by atoms with van der Waals surface area (Å²) >= 11 is 1.26. The number of hydrogen-bond acceptors (Lipinski definition) is 4. The van der Waals surface area contributed by atoms with E-state index in [1.54, 1.807) is 17.6 Å². The molecule has 21 heavy (non-hydrogen) atoms. The number of urea groups is 1. The van der Waals surface area contributed by atoms with Gasteiger partial charge in [0.15, 0.2) is 0 Å². The Kier molecular flexibility index (Phi) is 4.10. The number of rotatable bonds is 4. The van der Waals surface area contributed by atoms with E-state index in [-0.39, 0.29) is 17.9 Å². The average Bonchev–Trinajstić information content (AvgIpc) is 2.89. The third-order valence-corrected chi connectivity index (χ3v) is 4.32. The molecule has 0 saturated heterocycles. The number of aromatic nitrogens is 2. The molecular formula is C14H15FN4OS. The molecule has 0 unspecified atom stereocenters. The summed E-state index contributed by atoms with van der Waals surface area (Å²) in [5.74, 6) is 0.125. The van der Waals surface area contributed by atoms with Gasteiger partial charge in [0.05, 0.1) is 6.04 Å². The van der Waals surface area contributed by atoms with Gasteiger partial charge >= 0.3 is 6.03 Å². The molecule has 3 rings (SSSR count). The smallest absolute Gasteiger partial charge is 0.321 e. The lowest BCUT2D eigenvalue weighted by Gasteiger charge is -2.34. The predicted molar refractivity (Wildman–Crippen MR) is 78.5 cm³/mol. The van der Waals surface area contributed by atoms with Crippen LogP contribution in [0.25, 0.3) is 0 Å². The van der Waals surface area contributed by atoms with E-state index in [1.165, 1.54) is 29.9 Å². The Morgan fingerprint density at radius 1 is 1.33 bits per heavy atom.